The molecule has 0 saturated carbocycles. The summed E-state index contributed by atoms with van der Waals surface area (Å²) in [4.78, 5) is 16.6. The van der Waals surface area contributed by atoms with Crippen LogP contribution in [0.2, 0.25) is 0 Å². The first-order chi connectivity index (χ1) is 11.6. The Morgan fingerprint density at radius 1 is 1.04 bits per heavy atom. The zero-order valence-electron chi connectivity index (χ0n) is 15.1. The van der Waals surface area contributed by atoms with Crippen LogP contribution in [0, 0.1) is 5.82 Å². The van der Waals surface area contributed by atoms with Crippen LogP contribution < -0.4 is 4.48 Å². The summed E-state index contributed by atoms with van der Waals surface area (Å²) in [6, 6.07) is 7.16. The highest BCUT2D eigenvalue weighted by Crippen LogP contribution is 2.27. The van der Waals surface area contributed by atoms with Crippen molar-refractivity contribution in [1.29, 1.82) is 0 Å². The van der Waals surface area contributed by atoms with Crippen LogP contribution >= 0.6 is 12.4 Å². The lowest BCUT2D eigenvalue weighted by molar-refractivity contribution is 0.119. The lowest BCUT2D eigenvalue weighted by Gasteiger charge is -2.45. The monoisotopic (exact) mass is 370 g/mol. The van der Waals surface area contributed by atoms with E-state index in [0.717, 1.165) is 76.0 Å². The Morgan fingerprint density at radius 3 is 2.16 bits per heavy atom. The third-order valence-corrected chi connectivity index (χ3v) is 5.56. The largest absolute Gasteiger partial charge is 0.325 e. The second kappa shape index (κ2) is 8.86. The van der Waals surface area contributed by atoms with Gasteiger partial charge in [-0.1, -0.05) is 13.3 Å². The molecule has 0 atom stereocenters. The van der Waals surface area contributed by atoms with Crippen molar-refractivity contribution in [2.75, 3.05) is 45.8 Å². The van der Waals surface area contributed by atoms with Gasteiger partial charge in [0.05, 0.1) is 19.6 Å². The summed E-state index contributed by atoms with van der Waals surface area (Å²) in [6.07, 6.45) is 4.56. The Labute approximate surface area is 156 Å². The highest BCUT2D eigenvalue weighted by Gasteiger charge is 2.37. The molecule has 140 valence electrons. The van der Waals surface area contributed by atoms with E-state index in [-0.39, 0.29) is 24.3 Å². The Balaban J connectivity index is 0.00000225. The number of carbonyl (C=O) groups is 1. The van der Waals surface area contributed by atoms with Crippen LogP contribution in [-0.2, 0) is 0 Å². The minimum atomic E-state index is -0.185. The summed E-state index contributed by atoms with van der Waals surface area (Å²) in [6.45, 7) is 8.50. The first kappa shape index (κ1) is 20.0. The molecule has 4 nitrogen and oxygen atoms in total. The smallest absolute Gasteiger partial charge is 0.320 e. The normalized spacial score (nSPS) is 19.6. The van der Waals surface area contributed by atoms with Gasteiger partial charge in [-0.15, -0.1) is 12.4 Å². The van der Waals surface area contributed by atoms with E-state index >= 15 is 0 Å². The van der Waals surface area contributed by atoms with Crippen molar-refractivity contribution in [3.63, 3.8) is 0 Å². The molecule has 0 bridgehead atoms. The van der Waals surface area contributed by atoms with E-state index in [1.165, 1.54) is 5.69 Å². The van der Waals surface area contributed by atoms with E-state index < -0.39 is 0 Å². The number of nitrogens with zero attached hydrogens (tertiary/aromatic N) is 3. The second-order valence-corrected chi connectivity index (χ2v) is 7.11. The Bertz CT molecular complexity index is 552. The van der Waals surface area contributed by atoms with Gasteiger partial charge < -0.3 is 9.80 Å². The molecule has 2 saturated heterocycles. The number of carbonyl (C=O) groups excluding carboxylic acids is 1. The average molecular weight is 371 g/mol. The van der Waals surface area contributed by atoms with Crippen LogP contribution in [0.1, 0.15) is 32.6 Å². The van der Waals surface area contributed by atoms with Crippen LogP contribution in [-0.4, -0.2) is 61.6 Å². The second-order valence-electron chi connectivity index (χ2n) is 7.11. The number of urea groups is 1. The molecule has 0 N–H and O–H groups in total. The summed E-state index contributed by atoms with van der Waals surface area (Å²) in [5, 5.41) is 0. The predicted molar refractivity (Wildman–Crippen MR) is 103 cm³/mol. The number of hydrogen-bond acceptors (Lipinski definition) is 1. The molecule has 6 heteroatoms. The average Bonchev–Trinajstić information content (AvgIpc) is 3.15. The van der Waals surface area contributed by atoms with Crippen molar-refractivity contribution in [2.45, 2.75) is 32.6 Å². The minimum Gasteiger partial charge on any atom is -0.325 e. The Hall–Kier alpha value is -1.33. The molecule has 0 aromatic heterocycles. The maximum absolute atomic E-state index is 13.3. The number of amides is 2. The van der Waals surface area contributed by atoms with E-state index in [2.05, 4.69) is 6.92 Å². The van der Waals surface area contributed by atoms with Crippen molar-refractivity contribution in [1.82, 2.24) is 14.3 Å². The van der Waals surface area contributed by atoms with Gasteiger partial charge in [-0.3, -0.25) is 4.48 Å². The fourth-order valence-corrected chi connectivity index (χ4v) is 3.98. The molecule has 2 fully saturated rings. The minimum absolute atomic E-state index is 0. The SMILES string of the molecule is CCCC[N+]1(c2ccc(F)cc2)CCN(C(=O)N2CCCC2)CC1.Cl. The quantitative estimate of drug-likeness (QED) is 0.737. The third-order valence-electron chi connectivity index (χ3n) is 5.56. The molecule has 2 aliphatic heterocycles. The summed E-state index contributed by atoms with van der Waals surface area (Å²) in [5.41, 5.74) is 1.18. The Kier molecular flexibility index (Phi) is 7.08. The zero-order chi connectivity index (χ0) is 17.0. The molecule has 0 radical (unpaired) electrons. The predicted octanol–water partition coefficient (Wildman–Crippen LogP) is 3.89. The fourth-order valence-electron chi connectivity index (χ4n) is 3.98. The maximum Gasteiger partial charge on any atom is 0.320 e. The van der Waals surface area contributed by atoms with E-state index in [0.29, 0.717) is 0 Å². The molecule has 0 aliphatic carbocycles. The molecule has 2 amide bonds. The summed E-state index contributed by atoms with van der Waals surface area (Å²) in [5.74, 6) is -0.185. The van der Waals surface area contributed by atoms with E-state index in [1.807, 2.05) is 21.9 Å². The van der Waals surface area contributed by atoms with Gasteiger partial charge in [0.15, 0.2) is 0 Å². The number of likely N-dealkylation sites (tertiary alicyclic amines) is 1. The van der Waals surface area contributed by atoms with Crippen LogP contribution in [0.5, 0.6) is 0 Å². The van der Waals surface area contributed by atoms with Gasteiger partial charge in [-0.05, 0) is 31.4 Å². The fraction of sp³-hybridized carbons (Fsp3) is 0.632. The summed E-state index contributed by atoms with van der Waals surface area (Å²) in [7, 11) is 0. The molecule has 1 aromatic carbocycles. The number of piperazine rings is 1. The van der Waals surface area contributed by atoms with Gasteiger partial charge in [0, 0.05) is 25.2 Å². The number of benzene rings is 1. The van der Waals surface area contributed by atoms with Gasteiger partial charge in [0.2, 0.25) is 0 Å². The number of halogens is 2. The molecule has 3 rings (SSSR count). The van der Waals surface area contributed by atoms with E-state index in [4.69, 9.17) is 0 Å². The van der Waals surface area contributed by atoms with Crippen molar-refractivity contribution in [3.05, 3.63) is 30.1 Å². The number of rotatable bonds is 4. The van der Waals surface area contributed by atoms with Crippen LogP contribution in [0.3, 0.4) is 0 Å². The van der Waals surface area contributed by atoms with Crippen molar-refractivity contribution in [2.24, 2.45) is 0 Å². The summed E-state index contributed by atoms with van der Waals surface area (Å²) >= 11 is 0. The highest BCUT2D eigenvalue weighted by atomic mass is 35.5. The number of quaternary nitrogens is 1. The van der Waals surface area contributed by atoms with Crippen LogP contribution in [0.15, 0.2) is 24.3 Å². The highest BCUT2D eigenvalue weighted by molar-refractivity contribution is 5.85. The van der Waals surface area contributed by atoms with Gasteiger partial charge in [0.1, 0.15) is 24.6 Å². The lowest BCUT2D eigenvalue weighted by Crippen LogP contribution is -2.63. The first-order valence-electron chi connectivity index (χ1n) is 9.31. The molecular weight excluding hydrogens is 341 g/mol. The van der Waals surface area contributed by atoms with Crippen molar-refractivity contribution < 1.29 is 9.18 Å². The molecule has 25 heavy (non-hydrogen) atoms. The molecular formula is C19H30ClFN3O+. The molecule has 1 aromatic rings. The zero-order valence-corrected chi connectivity index (χ0v) is 15.9. The molecule has 2 heterocycles. The van der Waals surface area contributed by atoms with E-state index in [1.54, 1.807) is 12.1 Å². The summed E-state index contributed by atoms with van der Waals surface area (Å²) < 4.78 is 14.2. The Morgan fingerprint density at radius 2 is 1.60 bits per heavy atom. The van der Waals surface area contributed by atoms with Gasteiger partial charge in [-0.25, -0.2) is 9.18 Å². The van der Waals surface area contributed by atoms with Crippen molar-refractivity contribution >= 4 is 24.1 Å². The van der Waals surface area contributed by atoms with Crippen molar-refractivity contribution in [3.8, 4) is 0 Å². The molecule has 0 unspecified atom stereocenters. The van der Waals surface area contributed by atoms with E-state index in [9.17, 15) is 9.18 Å². The van der Waals surface area contributed by atoms with Gasteiger partial charge in [0.25, 0.3) is 0 Å². The van der Waals surface area contributed by atoms with Crippen LogP contribution in [0.4, 0.5) is 14.9 Å². The standard InChI is InChI=1S/C19H29FN3O.ClH/c1-2-3-14-23(18-8-6-17(20)7-9-18)15-12-22(13-16-23)19(24)21-10-4-5-11-21;/h6-9H,2-5,10-16H2,1H3;1H/q+1;. The van der Waals surface area contributed by atoms with Gasteiger partial charge >= 0.3 is 6.03 Å². The van der Waals surface area contributed by atoms with Crippen LogP contribution in [0.25, 0.3) is 0 Å². The topological polar surface area (TPSA) is 23.6 Å². The maximum atomic E-state index is 13.3. The number of unbranched alkanes of at least 4 members (excludes halogenated alkanes) is 1. The molecule has 0 spiro atoms. The molecule has 2 aliphatic rings. The lowest BCUT2D eigenvalue weighted by atomic mass is 10.1. The first-order valence-corrected chi connectivity index (χ1v) is 9.31. The third kappa shape index (κ3) is 4.45. The van der Waals surface area contributed by atoms with Gasteiger partial charge in [-0.2, -0.15) is 0 Å². The number of hydrogen-bond donors (Lipinski definition) is 0.